The minimum Gasteiger partial charge on any atom is -0.302 e. The van der Waals surface area contributed by atoms with Gasteiger partial charge in [-0.1, -0.05) is 33.1 Å². The molecule has 0 aromatic carbocycles. The largest absolute Gasteiger partial charge is 0.302 e. The Morgan fingerprint density at radius 3 is 2.76 bits per heavy atom. The zero-order valence-corrected chi connectivity index (χ0v) is 11.3. The highest BCUT2D eigenvalue weighted by atomic mass is 32.1. The Labute approximate surface area is 107 Å². The number of aromatic nitrogens is 1. The third kappa shape index (κ3) is 3.28. The first kappa shape index (κ1) is 12.6. The van der Waals surface area contributed by atoms with Crippen molar-refractivity contribution in [2.75, 3.05) is 5.32 Å². The van der Waals surface area contributed by atoms with Crippen molar-refractivity contribution in [3.63, 3.8) is 0 Å². The van der Waals surface area contributed by atoms with Crippen LogP contribution in [0, 0.1) is 5.92 Å². The zero-order valence-electron chi connectivity index (χ0n) is 10.5. The number of carbonyl (C=O) groups is 1. The van der Waals surface area contributed by atoms with Crippen molar-refractivity contribution in [2.45, 2.75) is 51.9 Å². The number of anilines is 1. The monoisotopic (exact) mass is 252 g/mol. The lowest BCUT2D eigenvalue weighted by molar-refractivity contribution is -0.118. The van der Waals surface area contributed by atoms with Crippen LogP contribution in [-0.4, -0.2) is 10.9 Å². The predicted octanol–water partition coefficient (Wildman–Crippen LogP) is 3.79. The first-order valence-electron chi connectivity index (χ1n) is 6.43. The van der Waals surface area contributed by atoms with Gasteiger partial charge in [0.25, 0.3) is 0 Å². The van der Waals surface area contributed by atoms with Gasteiger partial charge in [0.2, 0.25) is 5.91 Å². The van der Waals surface area contributed by atoms with Gasteiger partial charge in [0.1, 0.15) is 0 Å². The lowest BCUT2D eigenvalue weighted by Crippen LogP contribution is -2.17. The predicted molar refractivity (Wildman–Crippen MR) is 71.4 cm³/mol. The van der Waals surface area contributed by atoms with Crippen LogP contribution in [0.4, 0.5) is 5.13 Å². The number of hydrogen-bond acceptors (Lipinski definition) is 3. The summed E-state index contributed by atoms with van der Waals surface area (Å²) in [5, 5.41) is 5.73. The second kappa shape index (κ2) is 5.63. The van der Waals surface area contributed by atoms with E-state index in [2.05, 4.69) is 15.7 Å². The van der Waals surface area contributed by atoms with Crippen LogP contribution >= 0.6 is 11.3 Å². The number of thiazole rings is 1. The summed E-state index contributed by atoms with van der Waals surface area (Å²) in [5.74, 6) is 0.677. The van der Waals surface area contributed by atoms with Crippen LogP contribution in [0.15, 0.2) is 5.38 Å². The highest BCUT2D eigenvalue weighted by Crippen LogP contribution is 2.34. The molecule has 4 heteroatoms. The normalized spacial score (nSPS) is 17.4. The molecule has 0 bridgehead atoms. The molecule has 1 amide bonds. The number of carbonyl (C=O) groups excluding carboxylic acids is 1. The van der Waals surface area contributed by atoms with Crippen molar-refractivity contribution < 1.29 is 4.79 Å². The van der Waals surface area contributed by atoms with Gasteiger partial charge in [-0.3, -0.25) is 4.79 Å². The molecule has 94 valence electrons. The maximum absolute atomic E-state index is 11.6. The third-order valence-electron chi connectivity index (χ3n) is 3.30. The molecule has 1 aromatic heterocycles. The molecule has 1 heterocycles. The molecule has 17 heavy (non-hydrogen) atoms. The van der Waals surface area contributed by atoms with Crippen molar-refractivity contribution in [3.8, 4) is 0 Å². The first-order valence-corrected chi connectivity index (χ1v) is 7.31. The Morgan fingerprint density at radius 2 is 2.12 bits per heavy atom. The van der Waals surface area contributed by atoms with Gasteiger partial charge in [-0.25, -0.2) is 4.98 Å². The van der Waals surface area contributed by atoms with E-state index in [4.69, 9.17) is 0 Å². The molecule has 1 aromatic rings. The molecule has 1 aliphatic carbocycles. The second-order valence-electron chi connectivity index (χ2n) is 5.06. The Morgan fingerprint density at radius 1 is 1.41 bits per heavy atom. The molecule has 1 saturated carbocycles. The fourth-order valence-electron chi connectivity index (χ4n) is 2.18. The molecule has 3 nitrogen and oxygen atoms in total. The molecule has 0 saturated heterocycles. The van der Waals surface area contributed by atoms with Gasteiger partial charge in [0, 0.05) is 17.2 Å². The van der Waals surface area contributed by atoms with E-state index in [9.17, 15) is 4.79 Å². The van der Waals surface area contributed by atoms with E-state index >= 15 is 0 Å². The molecule has 0 aliphatic heterocycles. The summed E-state index contributed by atoms with van der Waals surface area (Å²) < 4.78 is 0. The van der Waals surface area contributed by atoms with Gasteiger partial charge in [-0.15, -0.1) is 11.3 Å². The van der Waals surface area contributed by atoms with Crippen molar-refractivity contribution >= 4 is 22.4 Å². The molecule has 1 N–H and O–H groups in total. The molecule has 1 fully saturated rings. The molecule has 2 rings (SSSR count). The topological polar surface area (TPSA) is 42.0 Å². The molecular formula is C13H20N2OS. The van der Waals surface area contributed by atoms with E-state index in [1.54, 1.807) is 11.3 Å². The number of rotatable bonds is 3. The molecule has 0 atom stereocenters. The van der Waals surface area contributed by atoms with Gasteiger partial charge < -0.3 is 5.32 Å². The van der Waals surface area contributed by atoms with Gasteiger partial charge >= 0.3 is 0 Å². The standard InChI is InChI=1S/C13H20N2OS/c1-9(2)12(16)15-13-14-11(8-17-13)10-6-4-3-5-7-10/h8-10H,3-7H2,1-2H3,(H,14,15,16). The lowest BCUT2D eigenvalue weighted by atomic mass is 9.87. The van der Waals surface area contributed by atoms with Crippen molar-refractivity contribution in [2.24, 2.45) is 5.92 Å². The van der Waals surface area contributed by atoms with Crippen LogP contribution in [0.3, 0.4) is 0 Å². The summed E-state index contributed by atoms with van der Waals surface area (Å²) >= 11 is 1.55. The minimum absolute atomic E-state index is 0.0111. The Kier molecular flexibility index (Phi) is 4.15. The summed E-state index contributed by atoms with van der Waals surface area (Å²) in [7, 11) is 0. The Balaban J connectivity index is 1.97. The maximum atomic E-state index is 11.6. The average Bonchev–Trinajstić information content (AvgIpc) is 2.78. The average molecular weight is 252 g/mol. The van der Waals surface area contributed by atoms with E-state index in [0.29, 0.717) is 5.92 Å². The minimum atomic E-state index is 0.0111. The highest BCUT2D eigenvalue weighted by molar-refractivity contribution is 7.13. The number of nitrogens with one attached hydrogen (secondary N) is 1. The summed E-state index contributed by atoms with van der Waals surface area (Å²) in [5.41, 5.74) is 1.17. The van der Waals surface area contributed by atoms with Crippen LogP contribution in [-0.2, 0) is 4.79 Å². The van der Waals surface area contributed by atoms with Crippen molar-refractivity contribution in [1.82, 2.24) is 4.98 Å². The van der Waals surface area contributed by atoms with Crippen LogP contribution in [0.1, 0.15) is 57.6 Å². The number of nitrogens with zero attached hydrogens (tertiary/aromatic N) is 1. The van der Waals surface area contributed by atoms with Gasteiger partial charge in [0.15, 0.2) is 5.13 Å². The Bertz CT molecular complexity index is 381. The van der Waals surface area contributed by atoms with E-state index in [1.807, 2.05) is 13.8 Å². The lowest BCUT2D eigenvalue weighted by Gasteiger charge is -2.19. The summed E-state index contributed by atoms with van der Waals surface area (Å²) in [6.07, 6.45) is 6.49. The molecule has 0 radical (unpaired) electrons. The summed E-state index contributed by atoms with van der Waals surface area (Å²) in [6.45, 7) is 3.79. The smallest absolute Gasteiger partial charge is 0.228 e. The summed E-state index contributed by atoms with van der Waals surface area (Å²) in [4.78, 5) is 16.1. The van der Waals surface area contributed by atoms with Gasteiger partial charge in [-0.2, -0.15) is 0 Å². The molecule has 0 spiro atoms. The molecule has 0 unspecified atom stereocenters. The maximum Gasteiger partial charge on any atom is 0.228 e. The van der Waals surface area contributed by atoms with Gasteiger partial charge in [0.05, 0.1) is 5.69 Å². The van der Waals surface area contributed by atoms with Crippen molar-refractivity contribution in [3.05, 3.63) is 11.1 Å². The van der Waals surface area contributed by atoms with Crippen LogP contribution < -0.4 is 5.32 Å². The number of amides is 1. The van der Waals surface area contributed by atoms with Crippen LogP contribution in [0.5, 0.6) is 0 Å². The fraction of sp³-hybridized carbons (Fsp3) is 0.692. The fourth-order valence-corrected chi connectivity index (χ4v) is 2.97. The SMILES string of the molecule is CC(C)C(=O)Nc1nc(C2CCCCC2)cs1. The van der Waals surface area contributed by atoms with Gasteiger partial charge in [-0.05, 0) is 12.8 Å². The van der Waals surface area contributed by atoms with E-state index in [-0.39, 0.29) is 11.8 Å². The van der Waals surface area contributed by atoms with Crippen LogP contribution in [0.25, 0.3) is 0 Å². The molecular weight excluding hydrogens is 232 g/mol. The van der Waals surface area contributed by atoms with Crippen LogP contribution in [0.2, 0.25) is 0 Å². The van der Waals surface area contributed by atoms with E-state index < -0.39 is 0 Å². The third-order valence-corrected chi connectivity index (χ3v) is 4.08. The number of hydrogen-bond donors (Lipinski definition) is 1. The van der Waals surface area contributed by atoms with E-state index in [1.165, 1.54) is 37.8 Å². The first-order chi connectivity index (χ1) is 8.16. The molecule has 1 aliphatic rings. The van der Waals surface area contributed by atoms with Crippen molar-refractivity contribution in [1.29, 1.82) is 0 Å². The second-order valence-corrected chi connectivity index (χ2v) is 5.91. The van der Waals surface area contributed by atoms with E-state index in [0.717, 1.165) is 5.13 Å². The Hall–Kier alpha value is -0.900. The highest BCUT2D eigenvalue weighted by Gasteiger charge is 2.19. The quantitative estimate of drug-likeness (QED) is 0.889. The summed E-state index contributed by atoms with van der Waals surface area (Å²) in [6, 6.07) is 0. The zero-order chi connectivity index (χ0) is 12.3.